The molecule has 0 unspecified atom stereocenters. The van der Waals surface area contributed by atoms with Crippen molar-refractivity contribution in [3.05, 3.63) is 40.4 Å². The van der Waals surface area contributed by atoms with Gasteiger partial charge in [-0.25, -0.2) is 14.0 Å². The van der Waals surface area contributed by atoms with Gasteiger partial charge in [-0.15, -0.1) is 0 Å². The van der Waals surface area contributed by atoms with Crippen molar-refractivity contribution in [1.82, 2.24) is 15.8 Å². The summed E-state index contributed by atoms with van der Waals surface area (Å²) < 4.78 is 24.1. The third-order valence-corrected chi connectivity index (χ3v) is 4.18. The van der Waals surface area contributed by atoms with Crippen LogP contribution in [0.25, 0.3) is 11.3 Å². The molecule has 0 atom stereocenters. The number of aromatic nitrogens is 1. The Balaban J connectivity index is 2.01. The summed E-state index contributed by atoms with van der Waals surface area (Å²) in [7, 11) is 0. The smallest absolute Gasteiger partial charge is 0.344 e. The Morgan fingerprint density at radius 3 is 2.69 bits per heavy atom. The van der Waals surface area contributed by atoms with Gasteiger partial charge in [0.25, 0.3) is 5.91 Å². The fourth-order valence-corrected chi connectivity index (χ4v) is 2.64. The van der Waals surface area contributed by atoms with Gasteiger partial charge in [0.15, 0.2) is 6.61 Å². The number of hydrogen-bond acceptors (Lipinski definition) is 6. The van der Waals surface area contributed by atoms with E-state index in [1.54, 1.807) is 0 Å². The van der Waals surface area contributed by atoms with Gasteiger partial charge in [0.2, 0.25) is 0 Å². The number of aryl methyl sites for hydroxylation is 1. The molecule has 0 bridgehead atoms. The number of amides is 3. The molecular weight excluding hydrogens is 405 g/mol. The zero-order valence-corrected chi connectivity index (χ0v) is 16.9. The SMILES string of the molecule is Cc1onc(-c2c(F)cccc2Cl)c1C(=O)OCC(=O)NC(=O)NCCC(C)C. The lowest BCUT2D eigenvalue weighted by Crippen LogP contribution is -2.42. The van der Waals surface area contributed by atoms with Crippen LogP contribution in [0.2, 0.25) is 5.02 Å². The number of imide groups is 1. The van der Waals surface area contributed by atoms with E-state index in [0.717, 1.165) is 12.5 Å². The molecule has 3 amide bonds. The summed E-state index contributed by atoms with van der Waals surface area (Å²) in [4.78, 5) is 35.8. The average Bonchev–Trinajstić information content (AvgIpc) is 3.00. The molecule has 2 N–H and O–H groups in total. The van der Waals surface area contributed by atoms with E-state index in [-0.39, 0.29) is 27.6 Å². The Kier molecular flexibility index (Phi) is 7.72. The number of carbonyl (C=O) groups is 3. The van der Waals surface area contributed by atoms with Crippen LogP contribution in [0.5, 0.6) is 0 Å². The number of esters is 1. The molecule has 156 valence electrons. The van der Waals surface area contributed by atoms with E-state index >= 15 is 0 Å². The van der Waals surface area contributed by atoms with Crippen LogP contribution in [0.15, 0.2) is 22.7 Å². The second kappa shape index (κ2) is 10.0. The lowest BCUT2D eigenvalue weighted by atomic mass is 10.1. The van der Waals surface area contributed by atoms with Crippen LogP contribution in [0.4, 0.5) is 9.18 Å². The summed E-state index contributed by atoms with van der Waals surface area (Å²) in [5.74, 6) is -2.02. The highest BCUT2D eigenvalue weighted by molar-refractivity contribution is 6.33. The van der Waals surface area contributed by atoms with Crippen LogP contribution in [-0.4, -0.2) is 36.2 Å². The van der Waals surface area contributed by atoms with E-state index in [1.165, 1.54) is 19.1 Å². The van der Waals surface area contributed by atoms with Crippen LogP contribution in [0.3, 0.4) is 0 Å². The highest BCUT2D eigenvalue weighted by atomic mass is 35.5. The predicted molar refractivity (Wildman–Crippen MR) is 103 cm³/mol. The molecule has 2 aromatic rings. The van der Waals surface area contributed by atoms with Crippen LogP contribution < -0.4 is 10.6 Å². The molecule has 0 fully saturated rings. The fourth-order valence-electron chi connectivity index (χ4n) is 2.39. The fraction of sp³-hybridized carbons (Fsp3) is 0.368. The number of rotatable bonds is 7. The lowest BCUT2D eigenvalue weighted by molar-refractivity contribution is -0.123. The summed E-state index contributed by atoms with van der Waals surface area (Å²) in [5, 5.41) is 8.28. The molecule has 0 aliphatic heterocycles. The Bertz CT molecular complexity index is 893. The molecule has 0 saturated carbocycles. The van der Waals surface area contributed by atoms with E-state index in [2.05, 4.69) is 10.5 Å². The average molecular weight is 426 g/mol. The molecule has 8 nitrogen and oxygen atoms in total. The molecule has 2 rings (SSSR count). The molecule has 0 saturated heterocycles. The highest BCUT2D eigenvalue weighted by Crippen LogP contribution is 2.33. The van der Waals surface area contributed by atoms with Gasteiger partial charge in [0.05, 0.1) is 10.6 Å². The quantitative estimate of drug-likeness (QED) is 0.657. The van der Waals surface area contributed by atoms with Crippen LogP contribution >= 0.6 is 11.6 Å². The van der Waals surface area contributed by atoms with Crippen molar-refractivity contribution in [2.24, 2.45) is 5.92 Å². The molecule has 0 radical (unpaired) electrons. The van der Waals surface area contributed by atoms with E-state index in [1.807, 2.05) is 19.2 Å². The molecule has 0 aliphatic rings. The van der Waals surface area contributed by atoms with Crippen molar-refractivity contribution in [3.8, 4) is 11.3 Å². The molecule has 1 aromatic carbocycles. The first-order valence-electron chi connectivity index (χ1n) is 8.86. The number of urea groups is 1. The summed E-state index contributed by atoms with van der Waals surface area (Å²) in [6.07, 6.45) is 0.755. The standard InChI is InChI=1S/C19H21ClFN3O5/c1-10(2)7-8-22-19(27)23-14(25)9-28-18(26)15-11(3)29-24-17(15)16-12(20)5-4-6-13(16)21/h4-6,10H,7-9H2,1-3H3,(H2,22,23,25,27). The van der Waals surface area contributed by atoms with Crippen molar-refractivity contribution < 1.29 is 28.0 Å². The monoisotopic (exact) mass is 425 g/mol. The first kappa shape index (κ1) is 22.4. The topological polar surface area (TPSA) is 111 Å². The van der Waals surface area contributed by atoms with E-state index in [4.69, 9.17) is 20.9 Å². The minimum Gasteiger partial charge on any atom is -0.452 e. The molecule has 1 aromatic heterocycles. The molecular formula is C19H21ClFN3O5. The Hall–Kier alpha value is -2.94. The number of carbonyl (C=O) groups excluding carboxylic acids is 3. The largest absolute Gasteiger partial charge is 0.452 e. The molecule has 10 heteroatoms. The van der Waals surface area contributed by atoms with Crippen LogP contribution in [-0.2, 0) is 9.53 Å². The minimum absolute atomic E-state index is 0.0307. The normalized spacial score (nSPS) is 10.7. The molecule has 1 heterocycles. The van der Waals surface area contributed by atoms with E-state index in [0.29, 0.717) is 12.5 Å². The van der Waals surface area contributed by atoms with Gasteiger partial charge in [-0.05, 0) is 31.4 Å². The first-order chi connectivity index (χ1) is 13.7. The minimum atomic E-state index is -0.964. The van der Waals surface area contributed by atoms with Gasteiger partial charge < -0.3 is 14.6 Å². The second-order valence-electron chi connectivity index (χ2n) is 6.62. The van der Waals surface area contributed by atoms with Gasteiger partial charge >= 0.3 is 12.0 Å². The zero-order chi connectivity index (χ0) is 21.6. The van der Waals surface area contributed by atoms with Crippen molar-refractivity contribution in [2.45, 2.75) is 27.2 Å². The van der Waals surface area contributed by atoms with Gasteiger partial charge in [0, 0.05) is 6.54 Å². The van der Waals surface area contributed by atoms with Crippen molar-refractivity contribution >= 4 is 29.5 Å². The van der Waals surface area contributed by atoms with Crippen molar-refractivity contribution in [1.29, 1.82) is 0 Å². The predicted octanol–water partition coefficient (Wildman–Crippen LogP) is 3.47. The van der Waals surface area contributed by atoms with Crippen LogP contribution in [0, 0.1) is 18.7 Å². The summed E-state index contributed by atoms with van der Waals surface area (Å²) in [5.41, 5.74) is -0.416. The Labute approximate surface area is 171 Å². The highest BCUT2D eigenvalue weighted by Gasteiger charge is 2.27. The number of benzene rings is 1. The number of halogens is 2. The third-order valence-electron chi connectivity index (χ3n) is 3.86. The van der Waals surface area contributed by atoms with Crippen LogP contribution in [0.1, 0.15) is 36.4 Å². The first-order valence-corrected chi connectivity index (χ1v) is 9.24. The lowest BCUT2D eigenvalue weighted by Gasteiger charge is -2.09. The number of ether oxygens (including phenoxy) is 1. The van der Waals surface area contributed by atoms with Crippen molar-refractivity contribution in [3.63, 3.8) is 0 Å². The van der Waals surface area contributed by atoms with Gasteiger partial charge in [-0.2, -0.15) is 0 Å². The maximum absolute atomic E-state index is 14.2. The second-order valence-corrected chi connectivity index (χ2v) is 7.03. The summed E-state index contributed by atoms with van der Waals surface area (Å²) >= 11 is 6.01. The number of hydrogen-bond donors (Lipinski definition) is 2. The van der Waals surface area contributed by atoms with E-state index in [9.17, 15) is 18.8 Å². The molecule has 0 aliphatic carbocycles. The summed E-state index contributed by atoms with van der Waals surface area (Å²) in [6, 6.07) is 3.31. The number of nitrogens with zero attached hydrogens (tertiary/aromatic N) is 1. The number of nitrogens with one attached hydrogen (secondary N) is 2. The molecule has 0 spiro atoms. The maximum atomic E-state index is 14.2. The summed E-state index contributed by atoms with van der Waals surface area (Å²) in [6.45, 7) is 5.12. The maximum Gasteiger partial charge on any atom is 0.344 e. The zero-order valence-electron chi connectivity index (χ0n) is 16.2. The van der Waals surface area contributed by atoms with Gasteiger partial charge in [0.1, 0.15) is 22.8 Å². The van der Waals surface area contributed by atoms with Gasteiger partial charge in [-0.3, -0.25) is 10.1 Å². The Morgan fingerprint density at radius 2 is 2.03 bits per heavy atom. The van der Waals surface area contributed by atoms with Crippen molar-refractivity contribution in [2.75, 3.05) is 13.2 Å². The third kappa shape index (κ3) is 6.02. The van der Waals surface area contributed by atoms with E-state index < -0.39 is 30.3 Å². The molecule has 29 heavy (non-hydrogen) atoms. The Morgan fingerprint density at radius 1 is 1.31 bits per heavy atom. The van der Waals surface area contributed by atoms with Gasteiger partial charge in [-0.1, -0.05) is 36.7 Å².